The minimum atomic E-state index is 0.433. The van der Waals surface area contributed by atoms with E-state index in [1.807, 2.05) is 23.1 Å². The van der Waals surface area contributed by atoms with Crippen molar-refractivity contribution in [1.29, 1.82) is 0 Å². The van der Waals surface area contributed by atoms with E-state index >= 15 is 0 Å². The van der Waals surface area contributed by atoms with E-state index in [0.29, 0.717) is 6.04 Å². The molecular formula is C16H21NS2. The third-order valence-corrected chi connectivity index (χ3v) is 5.12. The van der Waals surface area contributed by atoms with Gasteiger partial charge in [-0.25, -0.2) is 0 Å². The lowest BCUT2D eigenvalue weighted by Crippen LogP contribution is -2.19. The minimum Gasteiger partial charge on any atom is -0.310 e. The first-order chi connectivity index (χ1) is 9.29. The van der Waals surface area contributed by atoms with E-state index in [4.69, 9.17) is 0 Å². The van der Waals surface area contributed by atoms with Crippen molar-refractivity contribution in [3.05, 3.63) is 52.2 Å². The van der Waals surface area contributed by atoms with Gasteiger partial charge in [-0.05, 0) is 49.0 Å². The van der Waals surface area contributed by atoms with Crippen molar-refractivity contribution in [3.63, 3.8) is 0 Å². The van der Waals surface area contributed by atoms with Crippen LogP contribution in [-0.2, 0) is 5.75 Å². The summed E-state index contributed by atoms with van der Waals surface area (Å²) in [6.07, 6.45) is 1.18. The van der Waals surface area contributed by atoms with Crippen molar-refractivity contribution in [2.45, 2.75) is 37.0 Å². The second-order valence-corrected chi connectivity index (χ2v) is 6.70. The fraction of sp³-hybridized carbons (Fsp3) is 0.375. The zero-order valence-corrected chi connectivity index (χ0v) is 13.2. The highest BCUT2D eigenvalue weighted by atomic mass is 32.2. The smallest absolute Gasteiger partial charge is 0.0326 e. The first kappa shape index (κ1) is 14.6. The fourth-order valence-corrected chi connectivity index (χ4v) is 3.64. The summed E-state index contributed by atoms with van der Waals surface area (Å²) in [6, 6.07) is 13.6. The van der Waals surface area contributed by atoms with Crippen LogP contribution in [0.25, 0.3) is 0 Å². The lowest BCUT2D eigenvalue weighted by atomic mass is 10.1. The van der Waals surface area contributed by atoms with Gasteiger partial charge in [0.1, 0.15) is 0 Å². The van der Waals surface area contributed by atoms with Gasteiger partial charge >= 0.3 is 0 Å². The molecule has 1 atom stereocenters. The Kier molecular flexibility index (Phi) is 5.95. The number of hydrogen-bond donors (Lipinski definition) is 1. The van der Waals surface area contributed by atoms with Crippen LogP contribution in [0.5, 0.6) is 0 Å². The molecule has 0 saturated carbocycles. The molecule has 1 unspecified atom stereocenters. The number of thioether (sulfide) groups is 1. The zero-order chi connectivity index (χ0) is 13.5. The van der Waals surface area contributed by atoms with Crippen LogP contribution in [0.4, 0.5) is 0 Å². The number of hydrogen-bond acceptors (Lipinski definition) is 3. The van der Waals surface area contributed by atoms with Crippen LogP contribution in [0, 0.1) is 0 Å². The summed E-state index contributed by atoms with van der Waals surface area (Å²) in [5, 5.41) is 5.68. The molecule has 0 spiro atoms. The maximum absolute atomic E-state index is 3.54. The molecule has 0 aliphatic heterocycles. The fourth-order valence-electron chi connectivity index (χ4n) is 1.90. The second-order valence-electron chi connectivity index (χ2n) is 4.62. The highest BCUT2D eigenvalue weighted by Gasteiger charge is 2.05. The van der Waals surface area contributed by atoms with Gasteiger partial charge in [0.2, 0.25) is 0 Å². The summed E-state index contributed by atoms with van der Waals surface area (Å²) < 4.78 is 0. The minimum absolute atomic E-state index is 0.433. The van der Waals surface area contributed by atoms with Gasteiger partial charge in [-0.15, -0.1) is 23.1 Å². The lowest BCUT2D eigenvalue weighted by Gasteiger charge is -2.14. The molecule has 1 N–H and O–H groups in total. The zero-order valence-electron chi connectivity index (χ0n) is 11.6. The van der Waals surface area contributed by atoms with Crippen molar-refractivity contribution in [2.24, 2.45) is 0 Å². The van der Waals surface area contributed by atoms with E-state index in [1.165, 1.54) is 21.8 Å². The molecule has 2 rings (SSSR count). The third-order valence-electron chi connectivity index (χ3n) is 3.02. The van der Waals surface area contributed by atoms with Crippen molar-refractivity contribution in [2.75, 3.05) is 6.54 Å². The summed E-state index contributed by atoms with van der Waals surface area (Å²) in [6.45, 7) is 5.51. The third kappa shape index (κ3) is 4.68. The molecule has 1 aromatic carbocycles. The molecular weight excluding hydrogens is 270 g/mol. The summed E-state index contributed by atoms with van der Waals surface area (Å²) >= 11 is 3.75. The van der Waals surface area contributed by atoms with E-state index in [2.05, 4.69) is 60.9 Å². The molecule has 0 saturated heterocycles. The molecule has 1 nitrogen and oxygen atoms in total. The highest BCUT2D eigenvalue weighted by Crippen LogP contribution is 2.27. The molecule has 0 fully saturated rings. The van der Waals surface area contributed by atoms with Gasteiger partial charge in [0.15, 0.2) is 0 Å². The van der Waals surface area contributed by atoms with Crippen molar-refractivity contribution in [1.82, 2.24) is 5.32 Å². The predicted octanol–water partition coefficient (Wildman–Crippen LogP) is 5.10. The Bertz CT molecular complexity index is 479. The monoisotopic (exact) mass is 291 g/mol. The molecule has 0 aliphatic carbocycles. The molecule has 0 aliphatic rings. The first-order valence-electron chi connectivity index (χ1n) is 6.78. The van der Waals surface area contributed by atoms with E-state index < -0.39 is 0 Å². The summed E-state index contributed by atoms with van der Waals surface area (Å²) in [5.74, 6) is 1.07. The highest BCUT2D eigenvalue weighted by molar-refractivity contribution is 7.98. The van der Waals surface area contributed by atoms with Crippen LogP contribution in [0.3, 0.4) is 0 Å². The number of thiophene rings is 1. The largest absolute Gasteiger partial charge is 0.310 e. The van der Waals surface area contributed by atoms with Gasteiger partial charge in [0.25, 0.3) is 0 Å². The summed E-state index contributed by atoms with van der Waals surface area (Å²) in [7, 11) is 0. The van der Waals surface area contributed by atoms with Gasteiger partial charge < -0.3 is 5.32 Å². The predicted molar refractivity (Wildman–Crippen MR) is 87.0 cm³/mol. The molecule has 1 heterocycles. The Balaban J connectivity index is 1.94. The summed E-state index contributed by atoms with van der Waals surface area (Å²) in [5.41, 5.74) is 1.38. The van der Waals surface area contributed by atoms with Crippen molar-refractivity contribution in [3.8, 4) is 0 Å². The standard InChI is InChI=1S/C16H21NS2/c1-3-9-17-13(2)14-6-4-7-15(11-14)19-12-16-8-5-10-18-16/h4-8,10-11,13,17H,3,9,12H2,1-2H3. The van der Waals surface area contributed by atoms with Gasteiger partial charge in [0.05, 0.1) is 0 Å². The Labute approximate surface area is 124 Å². The van der Waals surface area contributed by atoms with Crippen LogP contribution in [0.2, 0.25) is 0 Å². The topological polar surface area (TPSA) is 12.0 Å². The maximum Gasteiger partial charge on any atom is 0.0326 e. The van der Waals surface area contributed by atoms with E-state index in [0.717, 1.165) is 12.3 Å². The molecule has 1 aromatic heterocycles. The SMILES string of the molecule is CCCNC(C)c1cccc(SCc2cccs2)c1. The Morgan fingerprint density at radius 3 is 2.89 bits per heavy atom. The van der Waals surface area contributed by atoms with Gasteiger partial charge in [-0.3, -0.25) is 0 Å². The number of rotatable bonds is 7. The van der Waals surface area contributed by atoms with Crippen LogP contribution in [0.15, 0.2) is 46.7 Å². The second kappa shape index (κ2) is 7.73. The molecule has 2 aromatic rings. The van der Waals surface area contributed by atoms with E-state index in [-0.39, 0.29) is 0 Å². The van der Waals surface area contributed by atoms with Gasteiger partial charge in [0, 0.05) is 21.6 Å². The van der Waals surface area contributed by atoms with Crippen LogP contribution in [0.1, 0.15) is 36.8 Å². The van der Waals surface area contributed by atoms with E-state index in [1.54, 1.807) is 0 Å². The average molecular weight is 291 g/mol. The Hall–Kier alpha value is -0.770. The Morgan fingerprint density at radius 1 is 1.26 bits per heavy atom. The molecule has 19 heavy (non-hydrogen) atoms. The van der Waals surface area contributed by atoms with Crippen LogP contribution < -0.4 is 5.32 Å². The first-order valence-corrected chi connectivity index (χ1v) is 8.64. The van der Waals surface area contributed by atoms with Gasteiger partial charge in [-0.1, -0.05) is 25.1 Å². The van der Waals surface area contributed by atoms with Crippen molar-refractivity contribution < 1.29 is 0 Å². The Morgan fingerprint density at radius 2 is 2.16 bits per heavy atom. The molecule has 0 amide bonds. The lowest BCUT2D eigenvalue weighted by molar-refractivity contribution is 0.570. The molecule has 102 valence electrons. The van der Waals surface area contributed by atoms with Crippen LogP contribution >= 0.6 is 23.1 Å². The number of benzene rings is 1. The van der Waals surface area contributed by atoms with Gasteiger partial charge in [-0.2, -0.15) is 0 Å². The van der Waals surface area contributed by atoms with Crippen molar-refractivity contribution >= 4 is 23.1 Å². The average Bonchev–Trinajstić information content (AvgIpc) is 2.96. The van der Waals surface area contributed by atoms with Crippen LogP contribution in [-0.4, -0.2) is 6.54 Å². The normalized spacial score (nSPS) is 12.5. The molecule has 0 radical (unpaired) electrons. The summed E-state index contributed by atoms with van der Waals surface area (Å²) in [4.78, 5) is 2.80. The molecule has 3 heteroatoms. The maximum atomic E-state index is 3.54. The molecule has 0 bridgehead atoms. The quantitative estimate of drug-likeness (QED) is 0.712. The van der Waals surface area contributed by atoms with E-state index in [9.17, 15) is 0 Å². The number of nitrogens with one attached hydrogen (secondary N) is 1.